The molecule has 1 nitrogen and oxygen atoms in total. The first-order valence-corrected chi connectivity index (χ1v) is 5.08. The van der Waals surface area contributed by atoms with Crippen LogP contribution in [0, 0.1) is 6.92 Å². The van der Waals surface area contributed by atoms with Crippen molar-refractivity contribution in [2.24, 2.45) is 0 Å². The van der Waals surface area contributed by atoms with Gasteiger partial charge in [0.2, 0.25) is 0 Å². The van der Waals surface area contributed by atoms with Crippen molar-refractivity contribution in [1.29, 1.82) is 0 Å². The number of nitrogens with zero attached hydrogens (tertiary/aromatic N) is 1. The average molecular weight is 262 g/mol. The molecule has 0 N–H and O–H groups in total. The number of aryl methyl sites for hydroxylation is 1. The molecule has 0 bridgehead atoms. The minimum absolute atomic E-state index is 0. The second-order valence-corrected chi connectivity index (χ2v) is 3.13. The smallest absolute Gasteiger partial charge is 0.658 e. The van der Waals surface area contributed by atoms with E-state index in [9.17, 15) is 0 Å². The maximum absolute atomic E-state index is 4.35. The van der Waals surface area contributed by atoms with Gasteiger partial charge in [0.1, 0.15) is 0 Å². The van der Waals surface area contributed by atoms with Gasteiger partial charge in [-0.25, -0.2) is 0 Å². The van der Waals surface area contributed by atoms with Gasteiger partial charge in [-0.05, 0) is 18.9 Å². The zero-order valence-corrected chi connectivity index (χ0v) is 14.7. The summed E-state index contributed by atoms with van der Waals surface area (Å²) in [6.07, 6.45) is 1.14. The Kier molecular flexibility index (Phi) is 8.75. The molecule has 72 valence electrons. The van der Waals surface area contributed by atoms with Crippen molar-refractivity contribution in [1.82, 2.24) is 0 Å². The standard InChI is InChI=1S/C10H12N.C2H6.Rb/c1-8-2-3-10-7-11-5-4-9(10)6-8;1-2;/h2-3,6H,4-5,7H2,1H3;1-2H3;/q-1;;+1. The van der Waals surface area contributed by atoms with Crippen LogP contribution >= 0.6 is 0 Å². The van der Waals surface area contributed by atoms with Crippen LogP contribution in [-0.4, -0.2) is 6.54 Å². The summed E-state index contributed by atoms with van der Waals surface area (Å²) < 4.78 is 0. The largest absolute Gasteiger partial charge is 1.00 e. The van der Waals surface area contributed by atoms with Crippen molar-refractivity contribution in [2.45, 2.75) is 33.7 Å². The zero-order chi connectivity index (χ0) is 9.68. The first-order valence-electron chi connectivity index (χ1n) is 5.08. The van der Waals surface area contributed by atoms with Crippen LogP contribution in [0.15, 0.2) is 18.2 Å². The molecule has 0 amide bonds. The molecule has 1 aromatic rings. The van der Waals surface area contributed by atoms with E-state index in [1.54, 1.807) is 0 Å². The molecule has 0 aliphatic carbocycles. The van der Waals surface area contributed by atoms with E-state index < -0.39 is 0 Å². The molecule has 0 radical (unpaired) electrons. The second-order valence-electron chi connectivity index (χ2n) is 3.13. The van der Waals surface area contributed by atoms with Crippen molar-refractivity contribution in [3.05, 3.63) is 40.2 Å². The van der Waals surface area contributed by atoms with Gasteiger partial charge in [0.25, 0.3) is 0 Å². The van der Waals surface area contributed by atoms with E-state index >= 15 is 0 Å². The molecule has 0 unspecified atom stereocenters. The number of hydrogen-bond acceptors (Lipinski definition) is 0. The Morgan fingerprint density at radius 1 is 1.14 bits per heavy atom. The number of rotatable bonds is 0. The quantitative estimate of drug-likeness (QED) is 0.644. The van der Waals surface area contributed by atoms with Gasteiger partial charge in [0.15, 0.2) is 0 Å². The van der Waals surface area contributed by atoms with Crippen molar-refractivity contribution >= 4 is 0 Å². The van der Waals surface area contributed by atoms with Gasteiger partial charge in [-0.2, -0.15) is 0 Å². The number of fused-ring (bicyclic) bond motifs is 1. The van der Waals surface area contributed by atoms with E-state index in [4.69, 9.17) is 0 Å². The molecule has 1 aromatic carbocycles. The molecule has 0 spiro atoms. The van der Waals surface area contributed by atoms with Crippen molar-refractivity contribution < 1.29 is 58.2 Å². The molecule has 0 fully saturated rings. The first kappa shape index (κ1) is 15.0. The van der Waals surface area contributed by atoms with E-state index in [-0.39, 0.29) is 58.2 Å². The molecular weight excluding hydrogens is 244 g/mol. The van der Waals surface area contributed by atoms with Gasteiger partial charge >= 0.3 is 58.2 Å². The summed E-state index contributed by atoms with van der Waals surface area (Å²) in [6, 6.07) is 6.65. The van der Waals surface area contributed by atoms with E-state index in [0.717, 1.165) is 19.5 Å². The molecule has 1 aliphatic heterocycles. The number of benzene rings is 1. The van der Waals surface area contributed by atoms with Gasteiger partial charge in [0, 0.05) is 0 Å². The van der Waals surface area contributed by atoms with Crippen LogP contribution in [0.5, 0.6) is 0 Å². The van der Waals surface area contributed by atoms with E-state index in [1.807, 2.05) is 13.8 Å². The van der Waals surface area contributed by atoms with Crippen LogP contribution in [-0.2, 0) is 13.0 Å². The minimum atomic E-state index is 0. The van der Waals surface area contributed by atoms with Crippen LogP contribution in [0.3, 0.4) is 0 Å². The van der Waals surface area contributed by atoms with E-state index in [2.05, 4.69) is 30.4 Å². The molecule has 1 aliphatic rings. The van der Waals surface area contributed by atoms with Crippen LogP contribution in [0.1, 0.15) is 30.5 Å². The third kappa shape index (κ3) is 4.24. The fourth-order valence-corrected chi connectivity index (χ4v) is 1.54. The summed E-state index contributed by atoms with van der Waals surface area (Å²) in [5, 5.41) is 4.35. The summed E-state index contributed by atoms with van der Waals surface area (Å²) in [6.45, 7) is 8.08. The van der Waals surface area contributed by atoms with Gasteiger partial charge in [0.05, 0.1) is 0 Å². The Hall–Kier alpha value is 0.985. The monoisotopic (exact) mass is 261 g/mol. The molecule has 2 rings (SSSR count). The SMILES string of the molecule is CC.Cc1ccc2c(c1)CC[N-]C2.[Rb+]. The van der Waals surface area contributed by atoms with Crippen LogP contribution in [0.2, 0.25) is 0 Å². The molecule has 0 saturated carbocycles. The predicted molar refractivity (Wildman–Crippen MR) is 58.2 cm³/mol. The van der Waals surface area contributed by atoms with Crippen molar-refractivity contribution in [3.8, 4) is 0 Å². The van der Waals surface area contributed by atoms with E-state index in [1.165, 1.54) is 16.7 Å². The van der Waals surface area contributed by atoms with Crippen molar-refractivity contribution in [3.63, 3.8) is 0 Å². The summed E-state index contributed by atoms with van der Waals surface area (Å²) in [5.74, 6) is 0. The van der Waals surface area contributed by atoms with Crippen LogP contribution in [0.25, 0.3) is 5.32 Å². The molecule has 0 aromatic heterocycles. The van der Waals surface area contributed by atoms with Gasteiger partial charge in [-0.1, -0.05) is 43.2 Å². The Morgan fingerprint density at radius 3 is 2.57 bits per heavy atom. The second kappa shape index (κ2) is 8.17. The Labute approximate surface area is 136 Å². The van der Waals surface area contributed by atoms with Crippen LogP contribution < -0.4 is 58.2 Å². The zero-order valence-electron chi connectivity index (χ0n) is 9.80. The fourth-order valence-electron chi connectivity index (χ4n) is 1.54. The Bertz CT molecular complexity index is 271. The molecule has 0 saturated heterocycles. The summed E-state index contributed by atoms with van der Waals surface area (Å²) >= 11 is 0. The first-order chi connectivity index (χ1) is 6.36. The number of hydrogen-bond donors (Lipinski definition) is 0. The Balaban J connectivity index is 0.000000531. The molecule has 14 heavy (non-hydrogen) atoms. The van der Waals surface area contributed by atoms with Gasteiger partial charge in [-0.3, -0.25) is 0 Å². The maximum Gasteiger partial charge on any atom is 1.00 e. The summed E-state index contributed by atoms with van der Waals surface area (Å²) in [4.78, 5) is 0. The summed E-state index contributed by atoms with van der Waals surface area (Å²) in [7, 11) is 0. The molecule has 0 atom stereocenters. The maximum atomic E-state index is 4.35. The Morgan fingerprint density at radius 2 is 1.86 bits per heavy atom. The van der Waals surface area contributed by atoms with Gasteiger partial charge < -0.3 is 5.32 Å². The molecule has 2 heteroatoms. The average Bonchev–Trinajstić information content (AvgIpc) is 2.21. The third-order valence-corrected chi connectivity index (χ3v) is 2.18. The fraction of sp³-hybridized carbons (Fsp3) is 0.500. The summed E-state index contributed by atoms with van der Waals surface area (Å²) in [5.41, 5.74) is 4.28. The third-order valence-electron chi connectivity index (χ3n) is 2.18. The van der Waals surface area contributed by atoms with E-state index in [0.29, 0.717) is 0 Å². The topological polar surface area (TPSA) is 14.1 Å². The molecule has 1 heterocycles. The predicted octanol–water partition coefficient (Wildman–Crippen LogP) is 0.455. The van der Waals surface area contributed by atoms with Crippen molar-refractivity contribution in [2.75, 3.05) is 6.54 Å². The van der Waals surface area contributed by atoms with Gasteiger partial charge in [-0.15, -0.1) is 13.1 Å². The minimum Gasteiger partial charge on any atom is -0.658 e. The normalized spacial score (nSPS) is 13.1. The molecular formula is C12H18NRb. The van der Waals surface area contributed by atoms with Crippen LogP contribution in [0.4, 0.5) is 0 Å².